The number of carbonyl (C=O) groups excluding carboxylic acids is 1. The van der Waals surface area contributed by atoms with Gasteiger partial charge in [-0.1, -0.05) is 18.2 Å². The number of rotatable bonds is 5. The molecule has 0 aliphatic carbocycles. The van der Waals surface area contributed by atoms with Gasteiger partial charge in [-0.3, -0.25) is 4.79 Å². The van der Waals surface area contributed by atoms with Gasteiger partial charge in [0.15, 0.2) is 0 Å². The lowest BCUT2D eigenvalue weighted by molar-refractivity contribution is 0.0953. The molecule has 2 aromatic heterocycles. The fourth-order valence-electron chi connectivity index (χ4n) is 2.13. The highest BCUT2D eigenvalue weighted by Gasteiger charge is 2.08. The van der Waals surface area contributed by atoms with Crippen molar-refractivity contribution in [3.63, 3.8) is 0 Å². The molecule has 0 saturated heterocycles. The van der Waals surface area contributed by atoms with Gasteiger partial charge >= 0.3 is 0 Å². The maximum atomic E-state index is 12.1. The van der Waals surface area contributed by atoms with Crippen LogP contribution < -0.4 is 5.32 Å². The van der Waals surface area contributed by atoms with Crippen LogP contribution >= 0.6 is 11.3 Å². The summed E-state index contributed by atoms with van der Waals surface area (Å²) in [5, 5.41) is 9.92. The molecule has 2 heterocycles. The topological polar surface area (TPSA) is 59.8 Å². The summed E-state index contributed by atoms with van der Waals surface area (Å²) in [5.41, 5.74) is 2.66. The summed E-state index contributed by atoms with van der Waals surface area (Å²) >= 11 is 1.54. The van der Waals surface area contributed by atoms with Crippen molar-refractivity contribution in [1.29, 1.82) is 0 Å². The molecule has 0 aliphatic rings. The second kappa shape index (κ2) is 6.53. The van der Waals surface area contributed by atoms with E-state index in [0.29, 0.717) is 13.0 Å². The van der Waals surface area contributed by atoms with Gasteiger partial charge in [0.1, 0.15) is 0 Å². The minimum atomic E-state index is -0.0411. The Bertz CT molecular complexity index is 764. The Kier molecular flexibility index (Phi) is 4.29. The van der Waals surface area contributed by atoms with Gasteiger partial charge in [-0.05, 0) is 24.6 Å². The molecular formula is C16H16N4OS. The molecule has 22 heavy (non-hydrogen) atoms. The first kappa shape index (κ1) is 14.5. The molecule has 0 unspecified atom stereocenters. The Labute approximate surface area is 132 Å². The van der Waals surface area contributed by atoms with Crippen LogP contribution in [0.15, 0.2) is 48.1 Å². The molecule has 112 valence electrons. The molecule has 0 fully saturated rings. The number of hydrogen-bond donors (Lipinski definition) is 1. The summed E-state index contributed by atoms with van der Waals surface area (Å²) in [6, 6.07) is 9.44. The lowest BCUT2D eigenvalue weighted by atomic mass is 10.1. The van der Waals surface area contributed by atoms with Gasteiger partial charge in [-0.15, -0.1) is 11.3 Å². The van der Waals surface area contributed by atoms with Crippen LogP contribution in [0.25, 0.3) is 5.13 Å². The van der Waals surface area contributed by atoms with E-state index in [1.165, 1.54) is 0 Å². The van der Waals surface area contributed by atoms with E-state index in [2.05, 4.69) is 15.4 Å². The predicted molar refractivity (Wildman–Crippen MR) is 86.5 cm³/mol. The minimum Gasteiger partial charge on any atom is -0.352 e. The van der Waals surface area contributed by atoms with Crippen LogP contribution in [0.4, 0.5) is 0 Å². The van der Waals surface area contributed by atoms with Crippen molar-refractivity contribution in [1.82, 2.24) is 20.1 Å². The van der Waals surface area contributed by atoms with Crippen molar-refractivity contribution in [2.75, 3.05) is 6.54 Å². The van der Waals surface area contributed by atoms with Crippen molar-refractivity contribution < 1.29 is 4.79 Å². The van der Waals surface area contributed by atoms with Gasteiger partial charge in [0.25, 0.3) is 5.91 Å². The number of thiazole rings is 1. The van der Waals surface area contributed by atoms with E-state index in [1.54, 1.807) is 22.2 Å². The van der Waals surface area contributed by atoms with Crippen LogP contribution in [0.1, 0.15) is 21.6 Å². The second-order valence-electron chi connectivity index (χ2n) is 4.89. The SMILES string of the molecule is Cc1ccccc1C(=O)NCCc1csc(-n2cccn2)n1. The van der Waals surface area contributed by atoms with Gasteiger partial charge < -0.3 is 5.32 Å². The predicted octanol–water partition coefficient (Wildman–Crippen LogP) is 2.61. The van der Waals surface area contributed by atoms with Crippen LogP contribution in [-0.4, -0.2) is 27.2 Å². The fraction of sp³-hybridized carbons (Fsp3) is 0.188. The first-order chi connectivity index (χ1) is 10.7. The minimum absolute atomic E-state index is 0.0411. The summed E-state index contributed by atoms with van der Waals surface area (Å²) in [6.07, 6.45) is 4.29. The monoisotopic (exact) mass is 312 g/mol. The molecule has 3 rings (SSSR count). The Hall–Kier alpha value is -2.47. The summed E-state index contributed by atoms with van der Waals surface area (Å²) in [5.74, 6) is -0.0411. The average molecular weight is 312 g/mol. The van der Waals surface area contributed by atoms with E-state index in [-0.39, 0.29) is 5.91 Å². The van der Waals surface area contributed by atoms with Crippen LogP contribution in [0.5, 0.6) is 0 Å². The number of amides is 1. The molecule has 3 aromatic rings. The van der Waals surface area contributed by atoms with E-state index in [9.17, 15) is 4.79 Å². The number of benzene rings is 1. The van der Waals surface area contributed by atoms with Crippen LogP contribution in [0.3, 0.4) is 0 Å². The highest BCUT2D eigenvalue weighted by molar-refractivity contribution is 7.12. The molecule has 0 spiro atoms. The van der Waals surface area contributed by atoms with Crippen molar-refractivity contribution in [3.8, 4) is 5.13 Å². The Morgan fingerprint density at radius 1 is 1.32 bits per heavy atom. The van der Waals surface area contributed by atoms with Crippen molar-refractivity contribution in [3.05, 3.63) is 64.9 Å². The van der Waals surface area contributed by atoms with E-state index >= 15 is 0 Å². The van der Waals surface area contributed by atoms with E-state index in [4.69, 9.17) is 0 Å². The summed E-state index contributed by atoms with van der Waals surface area (Å²) in [6.45, 7) is 2.50. The number of hydrogen-bond acceptors (Lipinski definition) is 4. The van der Waals surface area contributed by atoms with E-state index < -0.39 is 0 Å². The Morgan fingerprint density at radius 3 is 2.95 bits per heavy atom. The zero-order valence-corrected chi connectivity index (χ0v) is 13.0. The average Bonchev–Trinajstić information content (AvgIpc) is 3.18. The lowest BCUT2D eigenvalue weighted by Gasteiger charge is -2.06. The van der Waals surface area contributed by atoms with E-state index in [0.717, 1.165) is 22.0 Å². The maximum Gasteiger partial charge on any atom is 0.251 e. The maximum absolute atomic E-state index is 12.1. The first-order valence-electron chi connectivity index (χ1n) is 7.02. The number of carbonyl (C=O) groups is 1. The number of nitrogens with zero attached hydrogens (tertiary/aromatic N) is 3. The molecule has 6 heteroatoms. The summed E-state index contributed by atoms with van der Waals surface area (Å²) < 4.78 is 1.74. The third kappa shape index (κ3) is 3.23. The first-order valence-corrected chi connectivity index (χ1v) is 7.90. The molecule has 0 atom stereocenters. The van der Waals surface area contributed by atoms with Crippen molar-refractivity contribution in [2.45, 2.75) is 13.3 Å². The van der Waals surface area contributed by atoms with Crippen LogP contribution in [0.2, 0.25) is 0 Å². The molecule has 0 bridgehead atoms. The third-order valence-electron chi connectivity index (χ3n) is 3.30. The molecular weight excluding hydrogens is 296 g/mol. The molecule has 0 radical (unpaired) electrons. The Balaban J connectivity index is 1.55. The standard InChI is InChI=1S/C16H16N4OS/c1-12-5-2-3-6-14(12)15(21)17-9-7-13-11-22-16(19-13)20-10-4-8-18-20/h2-6,8,10-11H,7,9H2,1H3,(H,17,21). The van der Waals surface area contributed by atoms with Gasteiger partial charge in [0.05, 0.1) is 5.69 Å². The fourth-order valence-corrected chi connectivity index (χ4v) is 2.92. The highest BCUT2D eigenvalue weighted by Crippen LogP contribution is 2.14. The Morgan fingerprint density at radius 2 is 2.18 bits per heavy atom. The molecule has 0 aliphatic heterocycles. The molecule has 1 amide bonds. The van der Waals surface area contributed by atoms with Crippen LogP contribution in [0, 0.1) is 6.92 Å². The molecule has 0 saturated carbocycles. The van der Waals surface area contributed by atoms with Gasteiger partial charge in [-0.25, -0.2) is 9.67 Å². The van der Waals surface area contributed by atoms with E-state index in [1.807, 2.05) is 48.8 Å². The molecule has 5 nitrogen and oxygen atoms in total. The summed E-state index contributed by atoms with van der Waals surface area (Å²) in [4.78, 5) is 16.6. The van der Waals surface area contributed by atoms with Crippen molar-refractivity contribution >= 4 is 17.2 Å². The number of aromatic nitrogens is 3. The van der Waals surface area contributed by atoms with Crippen LogP contribution in [-0.2, 0) is 6.42 Å². The zero-order valence-electron chi connectivity index (χ0n) is 12.2. The quantitative estimate of drug-likeness (QED) is 0.788. The van der Waals surface area contributed by atoms with Gasteiger partial charge in [0.2, 0.25) is 5.13 Å². The number of nitrogens with one attached hydrogen (secondary N) is 1. The largest absolute Gasteiger partial charge is 0.352 e. The number of aryl methyl sites for hydroxylation is 1. The molecule has 1 N–H and O–H groups in total. The highest BCUT2D eigenvalue weighted by atomic mass is 32.1. The summed E-state index contributed by atoms with van der Waals surface area (Å²) in [7, 11) is 0. The van der Waals surface area contributed by atoms with Crippen molar-refractivity contribution in [2.24, 2.45) is 0 Å². The smallest absolute Gasteiger partial charge is 0.251 e. The third-order valence-corrected chi connectivity index (χ3v) is 4.18. The molecule has 1 aromatic carbocycles. The normalized spacial score (nSPS) is 10.6. The zero-order chi connectivity index (χ0) is 15.4. The van der Waals surface area contributed by atoms with Gasteiger partial charge in [-0.2, -0.15) is 5.10 Å². The lowest BCUT2D eigenvalue weighted by Crippen LogP contribution is -2.26. The van der Waals surface area contributed by atoms with Gasteiger partial charge in [0, 0.05) is 36.3 Å². The second-order valence-corrected chi connectivity index (χ2v) is 5.73.